The zero-order valence-corrected chi connectivity index (χ0v) is 12.6. The molecule has 100 valence electrons. The van der Waals surface area contributed by atoms with Crippen molar-refractivity contribution in [3.63, 3.8) is 0 Å². The Morgan fingerprint density at radius 2 is 1.80 bits per heavy atom. The molecule has 1 aromatic heterocycles. The van der Waals surface area contributed by atoms with Crippen molar-refractivity contribution in [3.8, 4) is 0 Å². The van der Waals surface area contributed by atoms with E-state index in [1.807, 2.05) is 25.1 Å². The van der Waals surface area contributed by atoms with Gasteiger partial charge in [-0.15, -0.1) is 0 Å². The molecule has 3 N–H and O–H groups in total. The van der Waals surface area contributed by atoms with Crippen molar-refractivity contribution < 1.29 is 0 Å². The van der Waals surface area contributed by atoms with E-state index >= 15 is 0 Å². The summed E-state index contributed by atoms with van der Waals surface area (Å²) >= 11 is 3.48. The molecule has 0 atom stereocenters. The highest BCUT2D eigenvalue weighted by molar-refractivity contribution is 9.10. The highest BCUT2D eigenvalue weighted by Crippen LogP contribution is 2.27. The predicted octanol–water partition coefficient (Wildman–Crippen LogP) is 4.63. The van der Waals surface area contributed by atoms with Crippen LogP contribution in [0.1, 0.15) is 5.56 Å². The Kier molecular flexibility index (Phi) is 3.32. The van der Waals surface area contributed by atoms with Crippen LogP contribution in [-0.2, 0) is 0 Å². The van der Waals surface area contributed by atoms with Crippen molar-refractivity contribution in [1.29, 1.82) is 0 Å². The second kappa shape index (κ2) is 5.13. The molecular formula is C16H14BrN3. The van der Waals surface area contributed by atoms with Crippen LogP contribution in [0, 0.1) is 6.92 Å². The Hall–Kier alpha value is -2.07. The molecule has 4 heteroatoms. The number of aromatic nitrogens is 1. The van der Waals surface area contributed by atoms with E-state index in [-0.39, 0.29) is 0 Å². The quantitative estimate of drug-likeness (QED) is 0.721. The molecule has 0 fully saturated rings. The third-order valence-electron chi connectivity index (χ3n) is 3.27. The number of fused-ring (bicyclic) bond motifs is 1. The van der Waals surface area contributed by atoms with Crippen molar-refractivity contribution in [1.82, 2.24) is 4.98 Å². The molecule has 1 heterocycles. The maximum absolute atomic E-state index is 6.03. The number of nitrogen functional groups attached to an aromatic ring is 1. The molecular weight excluding hydrogens is 314 g/mol. The molecule has 20 heavy (non-hydrogen) atoms. The lowest BCUT2D eigenvalue weighted by molar-refractivity contribution is 1.28. The van der Waals surface area contributed by atoms with Crippen LogP contribution in [0.3, 0.4) is 0 Å². The van der Waals surface area contributed by atoms with E-state index in [0.29, 0.717) is 11.5 Å². The first-order valence-electron chi connectivity index (χ1n) is 6.31. The Balaban J connectivity index is 1.99. The van der Waals surface area contributed by atoms with Gasteiger partial charge in [0.2, 0.25) is 0 Å². The highest BCUT2D eigenvalue weighted by atomic mass is 79.9. The fourth-order valence-corrected chi connectivity index (χ4v) is 2.48. The minimum atomic E-state index is 0.684. The molecule has 0 radical (unpaired) electrons. The van der Waals surface area contributed by atoms with Gasteiger partial charge in [-0.3, -0.25) is 0 Å². The lowest BCUT2D eigenvalue weighted by Gasteiger charge is -2.10. The van der Waals surface area contributed by atoms with Crippen LogP contribution in [0.2, 0.25) is 0 Å². The average molecular weight is 328 g/mol. The predicted molar refractivity (Wildman–Crippen MR) is 88.3 cm³/mol. The average Bonchev–Trinajstić information content (AvgIpc) is 2.44. The minimum Gasteiger partial charge on any atom is -0.396 e. The number of nitrogens with zero attached hydrogens (tertiary/aromatic N) is 1. The molecule has 0 amide bonds. The van der Waals surface area contributed by atoms with Gasteiger partial charge in [-0.25, -0.2) is 4.98 Å². The van der Waals surface area contributed by atoms with Gasteiger partial charge in [0.1, 0.15) is 0 Å². The topological polar surface area (TPSA) is 50.9 Å². The standard InChI is InChI=1S/C16H14BrN3/c1-10-6-7-19-16(15(10)18)20-14-5-3-11-8-13(17)4-2-12(11)9-14/h2-9H,18H2,1H3,(H,19,20). The number of aryl methyl sites for hydroxylation is 1. The van der Waals surface area contributed by atoms with E-state index in [9.17, 15) is 0 Å². The molecule has 0 aliphatic rings. The van der Waals surface area contributed by atoms with Crippen LogP contribution in [0.5, 0.6) is 0 Å². The van der Waals surface area contributed by atoms with Gasteiger partial charge in [0, 0.05) is 16.4 Å². The van der Waals surface area contributed by atoms with Crippen LogP contribution in [0.25, 0.3) is 10.8 Å². The number of rotatable bonds is 2. The lowest BCUT2D eigenvalue weighted by atomic mass is 10.1. The van der Waals surface area contributed by atoms with Crippen molar-refractivity contribution in [2.45, 2.75) is 6.92 Å². The zero-order chi connectivity index (χ0) is 14.1. The molecule has 3 rings (SSSR count). The number of nitrogens with one attached hydrogen (secondary N) is 1. The van der Waals surface area contributed by atoms with Gasteiger partial charge in [-0.1, -0.05) is 28.1 Å². The highest BCUT2D eigenvalue weighted by Gasteiger charge is 2.04. The molecule has 0 spiro atoms. The number of halogens is 1. The molecule has 0 bridgehead atoms. The lowest BCUT2D eigenvalue weighted by Crippen LogP contribution is -2.00. The third kappa shape index (κ3) is 2.47. The summed E-state index contributed by atoms with van der Waals surface area (Å²) < 4.78 is 1.08. The molecule has 0 saturated carbocycles. The van der Waals surface area contributed by atoms with Gasteiger partial charge in [-0.05, 0) is 53.6 Å². The fourth-order valence-electron chi connectivity index (χ4n) is 2.10. The summed E-state index contributed by atoms with van der Waals surface area (Å²) in [5, 5.41) is 5.63. The first-order valence-corrected chi connectivity index (χ1v) is 7.10. The summed E-state index contributed by atoms with van der Waals surface area (Å²) in [6.45, 7) is 1.97. The monoisotopic (exact) mass is 327 g/mol. The van der Waals surface area contributed by atoms with Gasteiger partial charge < -0.3 is 11.1 Å². The first kappa shape index (κ1) is 12.9. The molecule has 0 unspecified atom stereocenters. The largest absolute Gasteiger partial charge is 0.396 e. The maximum Gasteiger partial charge on any atom is 0.153 e. The smallest absolute Gasteiger partial charge is 0.153 e. The number of hydrogen-bond acceptors (Lipinski definition) is 3. The van der Waals surface area contributed by atoms with E-state index < -0.39 is 0 Å². The molecule has 3 aromatic rings. The van der Waals surface area contributed by atoms with E-state index in [2.05, 4.69) is 50.5 Å². The Morgan fingerprint density at radius 3 is 2.65 bits per heavy atom. The molecule has 2 aromatic carbocycles. The number of nitrogens with two attached hydrogens (primary N) is 1. The normalized spacial score (nSPS) is 10.7. The third-order valence-corrected chi connectivity index (χ3v) is 3.77. The first-order chi connectivity index (χ1) is 9.63. The summed E-state index contributed by atoms with van der Waals surface area (Å²) in [6, 6.07) is 14.3. The van der Waals surface area contributed by atoms with Gasteiger partial charge in [-0.2, -0.15) is 0 Å². The number of hydrogen-bond donors (Lipinski definition) is 2. The SMILES string of the molecule is Cc1ccnc(Nc2ccc3cc(Br)ccc3c2)c1N. The van der Waals surface area contributed by atoms with E-state index in [0.717, 1.165) is 15.7 Å². The summed E-state index contributed by atoms with van der Waals surface area (Å²) in [5.74, 6) is 0.696. The van der Waals surface area contributed by atoms with Crippen LogP contribution < -0.4 is 11.1 Å². The van der Waals surface area contributed by atoms with Crippen LogP contribution >= 0.6 is 15.9 Å². The van der Waals surface area contributed by atoms with E-state index in [1.165, 1.54) is 10.8 Å². The summed E-state index contributed by atoms with van der Waals surface area (Å²) in [6.07, 6.45) is 1.76. The Bertz CT molecular complexity index is 784. The van der Waals surface area contributed by atoms with Crippen LogP contribution in [-0.4, -0.2) is 4.98 Å². The van der Waals surface area contributed by atoms with Crippen molar-refractivity contribution in [3.05, 3.63) is 58.7 Å². The van der Waals surface area contributed by atoms with Crippen LogP contribution in [0.4, 0.5) is 17.2 Å². The minimum absolute atomic E-state index is 0.684. The summed E-state index contributed by atoms with van der Waals surface area (Å²) in [7, 11) is 0. The van der Waals surface area contributed by atoms with Crippen molar-refractivity contribution >= 4 is 43.9 Å². The van der Waals surface area contributed by atoms with Gasteiger partial charge in [0.25, 0.3) is 0 Å². The number of pyridine rings is 1. The number of anilines is 3. The molecule has 0 aliphatic carbocycles. The summed E-state index contributed by atoms with van der Waals surface area (Å²) in [5.41, 5.74) is 8.71. The van der Waals surface area contributed by atoms with E-state index in [4.69, 9.17) is 5.73 Å². The maximum atomic E-state index is 6.03. The second-order valence-electron chi connectivity index (χ2n) is 4.72. The van der Waals surface area contributed by atoms with E-state index in [1.54, 1.807) is 6.20 Å². The molecule has 3 nitrogen and oxygen atoms in total. The second-order valence-corrected chi connectivity index (χ2v) is 5.64. The van der Waals surface area contributed by atoms with Crippen molar-refractivity contribution in [2.24, 2.45) is 0 Å². The van der Waals surface area contributed by atoms with Crippen LogP contribution in [0.15, 0.2) is 53.1 Å². The van der Waals surface area contributed by atoms with Gasteiger partial charge in [0.05, 0.1) is 5.69 Å². The van der Waals surface area contributed by atoms with Gasteiger partial charge in [0.15, 0.2) is 5.82 Å². The fraction of sp³-hybridized carbons (Fsp3) is 0.0625. The Labute approximate surface area is 126 Å². The Morgan fingerprint density at radius 1 is 1.05 bits per heavy atom. The summed E-state index contributed by atoms with van der Waals surface area (Å²) in [4.78, 5) is 4.28. The van der Waals surface area contributed by atoms with Crippen molar-refractivity contribution in [2.75, 3.05) is 11.1 Å². The zero-order valence-electron chi connectivity index (χ0n) is 11.0. The number of benzene rings is 2. The molecule has 0 aliphatic heterocycles. The molecule has 0 saturated heterocycles. The van der Waals surface area contributed by atoms with Gasteiger partial charge >= 0.3 is 0 Å².